The highest BCUT2D eigenvalue weighted by molar-refractivity contribution is 7.16. The van der Waals surface area contributed by atoms with E-state index in [0.717, 1.165) is 12.0 Å². The molecule has 204 valence electrons. The number of fused-ring (bicyclic) bond motifs is 1. The number of rotatable bonds is 6. The van der Waals surface area contributed by atoms with Crippen molar-refractivity contribution in [3.63, 3.8) is 0 Å². The first kappa shape index (κ1) is 25.8. The summed E-state index contributed by atoms with van der Waals surface area (Å²) in [6, 6.07) is 15.5. The molecular weight excluding hydrogens is 547 g/mol. The Morgan fingerprint density at radius 1 is 0.950 bits per heavy atom. The molecule has 1 aliphatic carbocycles. The summed E-state index contributed by atoms with van der Waals surface area (Å²) in [4.78, 5) is 25.4. The molecule has 0 spiro atoms. The number of aliphatic hydroxyl groups is 1. The minimum absolute atomic E-state index is 0.0431. The van der Waals surface area contributed by atoms with Gasteiger partial charge < -0.3 is 14.8 Å². The predicted molar refractivity (Wildman–Crippen MR) is 142 cm³/mol. The zero-order chi connectivity index (χ0) is 27.9. The number of nitrogens with zero attached hydrogens (tertiary/aromatic N) is 5. The molecule has 10 nitrogen and oxygen atoms in total. The number of aliphatic hydroxyl groups excluding tert-OH is 1. The molecule has 6 rings (SSSR count). The van der Waals surface area contributed by atoms with Crippen molar-refractivity contribution in [2.45, 2.75) is 37.6 Å². The van der Waals surface area contributed by atoms with Crippen molar-refractivity contribution in [1.82, 2.24) is 25.1 Å². The maximum atomic E-state index is 13.5. The lowest BCUT2D eigenvalue weighted by molar-refractivity contribution is -0.137. The number of nitrogens with one attached hydrogen (secondary N) is 2. The van der Waals surface area contributed by atoms with Crippen LogP contribution >= 0.6 is 11.3 Å². The third-order valence-corrected chi connectivity index (χ3v) is 7.40. The highest BCUT2D eigenvalue weighted by Gasteiger charge is 2.38. The smallest absolute Gasteiger partial charge is 0.401 e. The lowest BCUT2D eigenvalue weighted by Gasteiger charge is -2.16. The number of halogens is 3. The number of thiazole rings is 1. The van der Waals surface area contributed by atoms with Crippen molar-refractivity contribution in [3.8, 4) is 22.8 Å². The van der Waals surface area contributed by atoms with Gasteiger partial charge in [-0.05, 0) is 25.3 Å². The molecule has 0 radical (unpaired) electrons. The molecule has 1 unspecified atom stereocenters. The second-order valence-corrected chi connectivity index (χ2v) is 10.1. The van der Waals surface area contributed by atoms with Crippen LogP contribution in [0.1, 0.15) is 24.3 Å². The van der Waals surface area contributed by atoms with Gasteiger partial charge >= 0.3 is 17.8 Å². The number of hydrogen-bond donors (Lipinski definition) is 3. The minimum atomic E-state index is -4.70. The normalized spacial score (nSPS) is 17.3. The van der Waals surface area contributed by atoms with Gasteiger partial charge in [-0.15, -0.1) is 5.10 Å². The van der Waals surface area contributed by atoms with Gasteiger partial charge in [0.2, 0.25) is 10.8 Å². The van der Waals surface area contributed by atoms with Crippen LogP contribution in [0.3, 0.4) is 0 Å². The molecule has 3 aromatic heterocycles. The summed E-state index contributed by atoms with van der Waals surface area (Å²) in [5.41, 5.74) is 0.717. The highest BCUT2D eigenvalue weighted by atomic mass is 32.1. The van der Waals surface area contributed by atoms with Crippen LogP contribution < -0.4 is 16.2 Å². The third kappa shape index (κ3) is 5.10. The van der Waals surface area contributed by atoms with Crippen molar-refractivity contribution in [2.75, 3.05) is 10.6 Å². The monoisotopic (exact) mass is 567 g/mol. The Morgan fingerprint density at radius 2 is 1.73 bits per heavy atom. The van der Waals surface area contributed by atoms with E-state index in [4.69, 9.17) is 4.42 Å². The molecule has 14 heteroatoms. The van der Waals surface area contributed by atoms with E-state index in [9.17, 15) is 23.1 Å². The van der Waals surface area contributed by atoms with Crippen LogP contribution in [0, 0.1) is 0 Å². The molecule has 0 amide bonds. The fraction of sp³-hybridized carbons (Fsp3) is 0.231. The lowest BCUT2D eigenvalue weighted by Crippen LogP contribution is -2.27. The van der Waals surface area contributed by atoms with Crippen LogP contribution in [0.25, 0.3) is 33.7 Å². The Labute approximate surface area is 228 Å². The highest BCUT2D eigenvalue weighted by Crippen LogP contribution is 2.42. The summed E-state index contributed by atoms with van der Waals surface area (Å²) >= 11 is 0.386. The van der Waals surface area contributed by atoms with E-state index in [0.29, 0.717) is 40.8 Å². The van der Waals surface area contributed by atoms with Crippen LogP contribution in [0.5, 0.6) is 0 Å². The topological polar surface area (TPSA) is 139 Å². The Hall–Kier alpha value is -4.43. The average Bonchev–Trinajstić information content (AvgIpc) is 3.66. The van der Waals surface area contributed by atoms with E-state index >= 15 is 0 Å². The van der Waals surface area contributed by atoms with Gasteiger partial charge in [-0.2, -0.15) is 13.2 Å². The quantitative estimate of drug-likeness (QED) is 0.249. The molecule has 0 saturated heterocycles. The second kappa shape index (κ2) is 10.3. The van der Waals surface area contributed by atoms with Gasteiger partial charge in [0.15, 0.2) is 5.69 Å². The molecule has 3 N–H and O–H groups in total. The van der Waals surface area contributed by atoms with Crippen LogP contribution in [0.2, 0.25) is 0 Å². The van der Waals surface area contributed by atoms with Gasteiger partial charge in [0, 0.05) is 10.9 Å². The van der Waals surface area contributed by atoms with E-state index in [1.807, 2.05) is 30.3 Å². The van der Waals surface area contributed by atoms with Crippen molar-refractivity contribution in [3.05, 3.63) is 70.0 Å². The van der Waals surface area contributed by atoms with Gasteiger partial charge in [-0.25, -0.2) is 15.0 Å². The number of hydrogen-bond acceptors (Lipinski definition) is 11. The molecule has 0 bridgehead atoms. The van der Waals surface area contributed by atoms with Crippen molar-refractivity contribution >= 4 is 39.1 Å². The van der Waals surface area contributed by atoms with E-state index in [-0.39, 0.29) is 28.4 Å². The van der Waals surface area contributed by atoms with Gasteiger partial charge in [-0.1, -0.05) is 65.0 Å². The molecule has 1 fully saturated rings. The summed E-state index contributed by atoms with van der Waals surface area (Å²) in [6.07, 6.45) is -3.53. The number of benzene rings is 2. The first-order valence-corrected chi connectivity index (χ1v) is 13.1. The Morgan fingerprint density at radius 3 is 2.48 bits per heavy atom. The summed E-state index contributed by atoms with van der Waals surface area (Å²) in [5, 5.41) is 23.1. The van der Waals surface area contributed by atoms with Gasteiger partial charge in [0.25, 0.3) is 5.89 Å². The second-order valence-electron chi connectivity index (χ2n) is 9.09. The zero-order valence-electron chi connectivity index (χ0n) is 20.5. The van der Waals surface area contributed by atoms with Crippen molar-refractivity contribution in [1.29, 1.82) is 0 Å². The molecule has 0 aliphatic heterocycles. The lowest BCUT2D eigenvalue weighted by atomic mass is 10.1. The number of anilines is 3. The standard InChI is InChI=1S/C26H20F3N7O3S/c27-26(28,29)24-33-19(23(40-24)31-16-11-6-12-17(16)37)22-35-36-25(39-22)34-20-21(38)30-15-10-5-4-9-14(15)18(32-20)13-7-2-1-3-8-13/h1-5,7-10,16-17,31,37H,6,11-12H2,(H,30,32,34,36,38)/t16?,17-/m0/s1. The van der Waals surface area contributed by atoms with Crippen LogP contribution in [-0.4, -0.2) is 42.4 Å². The van der Waals surface area contributed by atoms with Crippen molar-refractivity contribution in [2.24, 2.45) is 0 Å². The predicted octanol–water partition coefficient (Wildman–Crippen LogP) is 5.25. The summed E-state index contributed by atoms with van der Waals surface area (Å²) < 4.78 is 46.1. The van der Waals surface area contributed by atoms with Crippen LogP contribution in [-0.2, 0) is 6.18 Å². The van der Waals surface area contributed by atoms with E-state index < -0.39 is 28.9 Å². The summed E-state index contributed by atoms with van der Waals surface area (Å²) in [6.45, 7) is 0. The Kier molecular flexibility index (Phi) is 6.64. The van der Waals surface area contributed by atoms with Gasteiger partial charge in [0.1, 0.15) is 5.00 Å². The third-order valence-electron chi connectivity index (χ3n) is 6.37. The molecule has 40 heavy (non-hydrogen) atoms. The Bertz CT molecular complexity index is 1740. The number of para-hydroxylation sites is 1. The molecular formula is C26H20F3N7O3S. The maximum Gasteiger partial charge on any atom is 0.443 e. The van der Waals surface area contributed by atoms with Gasteiger partial charge in [0.05, 0.1) is 23.4 Å². The van der Waals surface area contributed by atoms with E-state index in [1.165, 1.54) is 0 Å². The van der Waals surface area contributed by atoms with Gasteiger partial charge in [-0.3, -0.25) is 10.1 Å². The maximum absolute atomic E-state index is 13.5. The minimum Gasteiger partial charge on any atom is -0.401 e. The summed E-state index contributed by atoms with van der Waals surface area (Å²) in [7, 11) is 0. The first-order chi connectivity index (χ1) is 19.3. The summed E-state index contributed by atoms with van der Waals surface area (Å²) in [5.74, 6) is -0.523. The zero-order valence-corrected chi connectivity index (χ0v) is 21.3. The van der Waals surface area contributed by atoms with Crippen molar-refractivity contribution < 1.29 is 22.7 Å². The van der Waals surface area contributed by atoms with E-state index in [1.54, 1.807) is 24.3 Å². The number of alkyl halides is 3. The molecule has 3 heterocycles. The SMILES string of the molecule is O=c1nc2ccccc2c(-c2ccccc2)nc1Nc1nnc(-c2nc(C(F)(F)F)sc2NC2CCC[C@@H]2O)o1. The van der Waals surface area contributed by atoms with E-state index in [2.05, 4.69) is 35.8 Å². The molecule has 2 atom stereocenters. The fourth-order valence-corrected chi connectivity index (χ4v) is 5.37. The number of aromatic nitrogens is 5. The van der Waals surface area contributed by atoms with Crippen LogP contribution in [0.4, 0.5) is 30.0 Å². The largest absolute Gasteiger partial charge is 0.443 e. The first-order valence-electron chi connectivity index (χ1n) is 12.3. The van der Waals surface area contributed by atoms with Crippen LogP contribution in [0.15, 0.2) is 63.8 Å². The molecule has 5 aromatic rings. The fourth-order valence-electron chi connectivity index (χ4n) is 4.48. The average molecular weight is 568 g/mol. The molecule has 1 saturated carbocycles. The Balaban J connectivity index is 1.38. The molecule has 2 aromatic carbocycles. The molecule has 1 aliphatic rings.